The zero-order valence-electron chi connectivity index (χ0n) is 20.2. The van der Waals surface area contributed by atoms with E-state index in [9.17, 15) is 13.2 Å². The van der Waals surface area contributed by atoms with E-state index < -0.39 is 10.4 Å². The minimum Gasteiger partial charge on any atom is -0.300 e. The van der Waals surface area contributed by atoms with Crippen molar-refractivity contribution in [3.63, 3.8) is 0 Å². The molecule has 184 valence electrons. The van der Waals surface area contributed by atoms with Crippen LogP contribution in [0, 0.1) is 40.4 Å². The Balaban J connectivity index is 0.000000376. The topological polar surface area (TPSA) is 93.6 Å². The summed E-state index contributed by atoms with van der Waals surface area (Å²) in [5.41, 5.74) is 0.416. The van der Waals surface area contributed by atoms with Crippen LogP contribution < -0.4 is 0 Å². The van der Waals surface area contributed by atoms with Crippen molar-refractivity contribution >= 4 is 16.2 Å². The average molecular weight is 478 g/mol. The Morgan fingerprint density at radius 1 is 0.939 bits per heavy atom. The Labute approximate surface area is 198 Å². The van der Waals surface area contributed by atoms with Crippen LogP contribution >= 0.6 is 0 Å². The molecule has 4 saturated carbocycles. The van der Waals surface area contributed by atoms with Gasteiger partial charge in [0.25, 0.3) is 0 Å². The zero-order chi connectivity index (χ0) is 23.9. The molecule has 1 heterocycles. The van der Waals surface area contributed by atoms with Gasteiger partial charge in [-0.15, -0.1) is 0 Å². The third-order valence-electron chi connectivity index (χ3n) is 9.93. The number of pyridine rings is 1. The van der Waals surface area contributed by atoms with Crippen LogP contribution in [0.2, 0.25) is 0 Å². The van der Waals surface area contributed by atoms with E-state index in [0.717, 1.165) is 32.1 Å². The number of fused-ring (bicyclic) bond motifs is 5. The third kappa shape index (κ3) is 4.92. The minimum atomic E-state index is -4.37. The number of rotatable bonds is 3. The number of carbonyl (C=O) groups is 1. The van der Waals surface area contributed by atoms with Crippen molar-refractivity contribution in [3.8, 4) is 0 Å². The van der Waals surface area contributed by atoms with Crippen molar-refractivity contribution in [1.29, 1.82) is 0 Å². The normalized spacial score (nSPS) is 42.2. The van der Waals surface area contributed by atoms with Gasteiger partial charge in [0.2, 0.25) is 0 Å². The van der Waals surface area contributed by atoms with Gasteiger partial charge in [0.05, 0.1) is 6.10 Å². The van der Waals surface area contributed by atoms with Crippen molar-refractivity contribution in [2.45, 2.75) is 84.7 Å². The summed E-state index contributed by atoms with van der Waals surface area (Å²) in [6.07, 6.45) is 12.4. The molecule has 4 fully saturated rings. The number of Topliss-reactive ketones (excluding diaryl/α,β-unsaturated/α-hetero) is 1. The van der Waals surface area contributed by atoms with Crippen LogP contribution in [-0.2, 0) is 19.4 Å². The van der Waals surface area contributed by atoms with E-state index in [1.807, 2.05) is 18.2 Å². The highest BCUT2D eigenvalue weighted by Gasteiger charge is 2.60. The van der Waals surface area contributed by atoms with E-state index in [4.69, 9.17) is 8.74 Å². The Bertz CT molecular complexity index is 911. The molecule has 0 spiro atoms. The van der Waals surface area contributed by atoms with Crippen LogP contribution in [-0.4, -0.2) is 29.8 Å². The molecule has 0 amide bonds. The van der Waals surface area contributed by atoms with Gasteiger partial charge in [-0.2, -0.15) is 8.42 Å². The van der Waals surface area contributed by atoms with Crippen LogP contribution in [0.5, 0.6) is 0 Å². The summed E-state index contributed by atoms with van der Waals surface area (Å²) in [6, 6.07) is 5.72. The molecule has 7 heteroatoms. The lowest BCUT2D eigenvalue weighted by Gasteiger charge is -2.61. The molecule has 4 aliphatic carbocycles. The molecule has 0 aromatic carbocycles. The van der Waals surface area contributed by atoms with Crippen LogP contribution in [0.1, 0.15) is 78.6 Å². The number of ketones is 1. The van der Waals surface area contributed by atoms with E-state index >= 15 is 0 Å². The van der Waals surface area contributed by atoms with Gasteiger partial charge in [-0.25, -0.2) is 4.18 Å². The number of hydrogen-bond acceptors (Lipinski definition) is 5. The van der Waals surface area contributed by atoms with Gasteiger partial charge in [-0.05, 0) is 111 Å². The van der Waals surface area contributed by atoms with Gasteiger partial charge < -0.3 is 0 Å². The summed E-state index contributed by atoms with van der Waals surface area (Å²) in [6.45, 7) is 6.57. The second-order valence-electron chi connectivity index (χ2n) is 11.4. The van der Waals surface area contributed by atoms with E-state index in [0.29, 0.717) is 35.9 Å². The van der Waals surface area contributed by atoms with E-state index in [-0.39, 0.29) is 22.9 Å². The predicted octanol–water partition coefficient (Wildman–Crippen LogP) is 5.50. The highest BCUT2D eigenvalue weighted by atomic mass is 32.3. The summed E-state index contributed by atoms with van der Waals surface area (Å²) in [4.78, 5) is 16.0. The summed E-state index contributed by atoms with van der Waals surface area (Å²) in [5, 5.41) is 0. The first kappa shape index (κ1) is 24.8. The molecule has 0 unspecified atom stereocenters. The molecule has 1 aromatic rings. The van der Waals surface area contributed by atoms with Gasteiger partial charge in [0, 0.05) is 18.3 Å². The standard InChI is InChI=1S/C21H34O5S.C5H5N/c1-13(22)17-6-7-18-16-5-4-14-12-15(26-27(23,24)25)8-10-20(14,2)19(16)9-11-21(17,18)3;1-2-4-6-5-3-1/h14-19H,4-12H2,1-3H3,(H,23,24,25);1-5H/t14-,15+,16-,17+,18-,19-,20+,21-;/m0./s1. The van der Waals surface area contributed by atoms with Gasteiger partial charge in [-0.1, -0.05) is 19.9 Å². The maximum atomic E-state index is 12.2. The number of hydrogen-bond donors (Lipinski definition) is 1. The quantitative estimate of drug-likeness (QED) is 0.578. The second kappa shape index (κ2) is 9.38. The first-order valence-corrected chi connectivity index (χ1v) is 13.9. The molecule has 0 radical (unpaired) electrons. The number of aromatic nitrogens is 1. The molecular weight excluding hydrogens is 438 g/mol. The van der Waals surface area contributed by atoms with E-state index in [2.05, 4.69) is 18.8 Å². The lowest BCUT2D eigenvalue weighted by molar-refractivity contribution is -0.137. The third-order valence-corrected chi connectivity index (χ3v) is 10.4. The largest absolute Gasteiger partial charge is 0.397 e. The molecular formula is C26H39NO5S. The molecule has 1 aromatic heterocycles. The lowest BCUT2D eigenvalue weighted by atomic mass is 9.44. The summed E-state index contributed by atoms with van der Waals surface area (Å²) in [7, 11) is -4.37. The fraction of sp³-hybridized carbons (Fsp3) is 0.769. The molecule has 0 bridgehead atoms. The minimum absolute atomic E-state index is 0.182. The van der Waals surface area contributed by atoms with Crippen LogP contribution in [0.3, 0.4) is 0 Å². The monoisotopic (exact) mass is 477 g/mol. The van der Waals surface area contributed by atoms with Crippen LogP contribution in [0.25, 0.3) is 0 Å². The van der Waals surface area contributed by atoms with Gasteiger partial charge in [-0.3, -0.25) is 14.3 Å². The molecule has 0 saturated heterocycles. The first-order valence-electron chi connectivity index (χ1n) is 12.6. The molecule has 6 nitrogen and oxygen atoms in total. The Morgan fingerprint density at radius 2 is 1.61 bits per heavy atom. The van der Waals surface area contributed by atoms with Crippen molar-refractivity contribution < 1.29 is 21.9 Å². The summed E-state index contributed by atoms with van der Waals surface area (Å²) >= 11 is 0. The fourth-order valence-corrected chi connectivity index (χ4v) is 8.98. The maximum absolute atomic E-state index is 12.2. The highest BCUT2D eigenvalue weighted by molar-refractivity contribution is 7.80. The van der Waals surface area contributed by atoms with Crippen LogP contribution in [0.15, 0.2) is 30.6 Å². The van der Waals surface area contributed by atoms with Gasteiger partial charge in [0.15, 0.2) is 0 Å². The van der Waals surface area contributed by atoms with Crippen molar-refractivity contribution in [2.75, 3.05) is 0 Å². The molecule has 33 heavy (non-hydrogen) atoms. The smallest absolute Gasteiger partial charge is 0.300 e. The first-order chi connectivity index (χ1) is 15.5. The van der Waals surface area contributed by atoms with Crippen LogP contribution in [0.4, 0.5) is 0 Å². The predicted molar refractivity (Wildman–Crippen MR) is 127 cm³/mol. The number of carbonyl (C=O) groups excluding carboxylic acids is 1. The lowest BCUT2D eigenvalue weighted by Crippen LogP contribution is -2.54. The van der Waals surface area contributed by atoms with E-state index in [1.165, 1.54) is 19.3 Å². The zero-order valence-corrected chi connectivity index (χ0v) is 21.0. The van der Waals surface area contributed by atoms with Gasteiger partial charge >= 0.3 is 10.4 Å². The van der Waals surface area contributed by atoms with Crippen molar-refractivity contribution in [1.82, 2.24) is 4.98 Å². The SMILES string of the molecule is CC(=O)[C@H]1CC[C@H]2[C@@H]3CC[C@H]4C[C@H](OS(=O)(=O)O)CC[C@@]4(C)[C@H]3CC[C@@]12C.c1ccncc1. The summed E-state index contributed by atoms with van der Waals surface area (Å²) < 4.78 is 36.2. The molecule has 1 N–H and O–H groups in total. The molecule has 0 aliphatic heterocycles. The Morgan fingerprint density at radius 3 is 2.18 bits per heavy atom. The van der Waals surface area contributed by atoms with Crippen molar-refractivity contribution in [2.24, 2.45) is 40.4 Å². The maximum Gasteiger partial charge on any atom is 0.397 e. The van der Waals surface area contributed by atoms with Gasteiger partial charge in [0.1, 0.15) is 5.78 Å². The van der Waals surface area contributed by atoms with E-state index in [1.54, 1.807) is 19.3 Å². The Kier molecular flexibility index (Phi) is 7.05. The van der Waals surface area contributed by atoms with Crippen molar-refractivity contribution in [3.05, 3.63) is 30.6 Å². The Hall–Kier alpha value is -1.31. The molecule has 5 rings (SSSR count). The second-order valence-corrected chi connectivity index (χ2v) is 12.4. The average Bonchev–Trinajstić information content (AvgIpc) is 3.12. The summed E-state index contributed by atoms with van der Waals surface area (Å²) in [5.74, 6) is 3.12. The fourth-order valence-electron chi connectivity index (χ4n) is 8.46. The molecule has 4 aliphatic rings. The molecule has 8 atom stereocenters. The number of nitrogens with zero attached hydrogens (tertiary/aromatic N) is 1. The highest BCUT2D eigenvalue weighted by Crippen LogP contribution is 2.67.